The molecule has 9 aromatic heterocycles. The van der Waals surface area contributed by atoms with Gasteiger partial charge in [-0.3, -0.25) is 15.0 Å². The van der Waals surface area contributed by atoms with E-state index >= 15 is 0 Å². The maximum Gasteiger partial charge on any atom is 0.227 e. The maximum absolute atomic E-state index is 6.41. The number of allylic oxidation sites excluding steroid dienone is 4. The Morgan fingerprint density at radius 3 is 0.956 bits per heavy atom. The molecule has 23 rings (SSSR count). The summed E-state index contributed by atoms with van der Waals surface area (Å²) in [6.45, 7) is 7.73. The van der Waals surface area contributed by atoms with Gasteiger partial charge >= 0.3 is 0 Å². The van der Waals surface area contributed by atoms with Crippen LogP contribution in [0.5, 0.6) is 0 Å². The largest absolute Gasteiger partial charge is 0.443 e. The zero-order chi connectivity index (χ0) is 90.9. The van der Waals surface area contributed by atoms with Gasteiger partial charge in [0.15, 0.2) is 75.6 Å². The summed E-state index contributed by atoms with van der Waals surface area (Å²) in [4.78, 5) is 71.2. The molecule has 0 saturated heterocycles. The minimum atomic E-state index is 0.537. The molecule has 0 aliphatic carbocycles. The summed E-state index contributed by atoms with van der Waals surface area (Å²) in [5.74, 6) is 6.51. The third-order valence-corrected chi connectivity index (χ3v) is 22.3. The molecule has 0 fully saturated rings. The second-order valence-electron chi connectivity index (χ2n) is 31.1. The van der Waals surface area contributed by atoms with E-state index in [9.17, 15) is 0 Å². The second-order valence-corrected chi connectivity index (χ2v) is 31.1. The van der Waals surface area contributed by atoms with Crippen molar-refractivity contribution in [1.82, 2.24) is 74.8 Å². The Hall–Kier alpha value is -18.8. The fourth-order valence-electron chi connectivity index (χ4n) is 15.7. The maximum atomic E-state index is 6.41. The first-order chi connectivity index (χ1) is 66.8. The van der Waals surface area contributed by atoms with Crippen molar-refractivity contribution in [3.05, 3.63) is 475 Å². The fraction of sp³-hybridized carbons (Fsp3) is 0. The highest BCUT2D eigenvalue weighted by Crippen LogP contribution is 2.43. The average molecular weight is 1740 g/mol. The van der Waals surface area contributed by atoms with Crippen molar-refractivity contribution in [2.24, 2.45) is 0 Å². The third kappa shape index (κ3) is 19.2. The standard InChI is InChI=1S/2C39H25N5O.C33H23N5O.C6H6/c1-4-12-26(13-5-1)36-42-37(27-14-6-2-7-15-27)44-38(43-36)30-19-10-18-29(22-30)32-23-33(31-20-11-21-40-25-31)35-34(24-32)45-39(41-35)28-16-8-3-9-17-28;1-4-13-26(14-5-1)36-42-37(27-15-6-2-7-16-27)44-38(43-36)32-21-11-10-20-31(32)30-23-33(29-19-12-22-40-25-29)35-34(24-30)45-39(41-35)28-17-8-3-9-18-28;1-3-9-22(4-2)31-36-32(24-10-6-5-7-11-24)38-33(37-31)25-15-13-23(14-16-25)27-18-28(26-12-8-17-34-20-26)30-29(19-27)39-21-35-30;1-2-4-6-5-3-1/h2*1-25H;3-21H,1-2H2;1-6H/b;;22-9+;. The molecule has 640 valence electrons. The first-order valence-corrected chi connectivity index (χ1v) is 43.7. The summed E-state index contributed by atoms with van der Waals surface area (Å²) in [5.41, 5.74) is 26.0. The van der Waals surface area contributed by atoms with Gasteiger partial charge in [0.05, 0.1) is 0 Å². The van der Waals surface area contributed by atoms with Crippen LogP contribution in [-0.4, -0.2) is 74.8 Å². The predicted molar refractivity (Wildman–Crippen MR) is 537 cm³/mol. The minimum Gasteiger partial charge on any atom is -0.443 e. The Balaban J connectivity index is 0.000000122. The van der Waals surface area contributed by atoms with Gasteiger partial charge in [0.1, 0.15) is 16.6 Å². The first-order valence-electron chi connectivity index (χ1n) is 43.7. The molecule has 0 bridgehead atoms. The van der Waals surface area contributed by atoms with Crippen LogP contribution in [0.25, 0.3) is 220 Å². The fourth-order valence-corrected chi connectivity index (χ4v) is 15.7. The van der Waals surface area contributed by atoms with Crippen LogP contribution in [0.15, 0.2) is 483 Å². The van der Waals surface area contributed by atoms with E-state index in [1.165, 1.54) is 6.39 Å². The van der Waals surface area contributed by atoms with Crippen LogP contribution < -0.4 is 0 Å². The van der Waals surface area contributed by atoms with Crippen molar-refractivity contribution < 1.29 is 13.3 Å². The molecule has 0 radical (unpaired) electrons. The number of fused-ring (bicyclic) bond motifs is 3. The van der Waals surface area contributed by atoms with Gasteiger partial charge in [-0.05, 0) is 118 Å². The Bertz CT molecular complexity index is 7950. The third-order valence-electron chi connectivity index (χ3n) is 22.3. The quantitative estimate of drug-likeness (QED) is 0.0685. The number of hydrogen-bond donors (Lipinski definition) is 0. The van der Waals surface area contributed by atoms with Crippen LogP contribution >= 0.6 is 0 Å². The van der Waals surface area contributed by atoms with Gasteiger partial charge in [-0.25, -0.2) is 59.8 Å². The number of benzene rings is 14. The van der Waals surface area contributed by atoms with Crippen molar-refractivity contribution in [1.29, 1.82) is 0 Å². The van der Waals surface area contributed by atoms with Crippen molar-refractivity contribution in [2.75, 3.05) is 0 Å². The SMILES string of the molecule is C=C/C=C(\C=C)c1nc(-c2ccccc2)nc(-c2ccc(-c3cc(-c4cccnc4)c4ncoc4c3)cc2)n1.c1ccc(-c2nc(-c3ccccc3)nc(-c3cccc(-c4cc(-c5cccnc5)c5nc(-c6ccccc6)oc5c4)c3)n2)cc1.c1ccc(-c2nc(-c3ccccc3)nc(-c3ccccc3-c3cc(-c4cccnc4)c4nc(-c5ccccc5)oc4c3)n2)cc1.c1ccccc1. The lowest BCUT2D eigenvalue weighted by Gasteiger charge is -2.13. The van der Waals surface area contributed by atoms with Gasteiger partial charge < -0.3 is 13.3 Å². The molecule has 0 atom stereocenters. The van der Waals surface area contributed by atoms with Gasteiger partial charge in [0.2, 0.25) is 11.8 Å². The minimum absolute atomic E-state index is 0.537. The Labute approximate surface area is 777 Å². The van der Waals surface area contributed by atoms with Crippen molar-refractivity contribution in [2.45, 2.75) is 0 Å². The highest BCUT2D eigenvalue weighted by molar-refractivity contribution is 6.00. The van der Waals surface area contributed by atoms with E-state index in [0.717, 1.165) is 150 Å². The number of hydrogen-bond acceptors (Lipinski definition) is 18. The van der Waals surface area contributed by atoms with Gasteiger partial charge in [0.25, 0.3) is 0 Å². The first kappa shape index (κ1) is 84.4. The predicted octanol–water partition coefficient (Wildman–Crippen LogP) is 28.3. The highest BCUT2D eigenvalue weighted by Gasteiger charge is 2.24. The topological polar surface area (TPSA) is 233 Å². The van der Waals surface area contributed by atoms with Crippen LogP contribution in [0, 0.1) is 0 Å². The second kappa shape index (κ2) is 39.8. The Kier molecular flexibility index (Phi) is 24.9. The van der Waals surface area contributed by atoms with Gasteiger partial charge in [0, 0.05) is 132 Å². The number of oxazole rings is 3. The van der Waals surface area contributed by atoms with Crippen molar-refractivity contribution >= 4 is 38.9 Å². The van der Waals surface area contributed by atoms with Gasteiger partial charge in [-0.2, -0.15) is 0 Å². The van der Waals surface area contributed by atoms with Crippen LogP contribution in [0.1, 0.15) is 5.82 Å². The lowest BCUT2D eigenvalue weighted by atomic mass is 9.95. The monoisotopic (exact) mass is 1740 g/mol. The van der Waals surface area contributed by atoms with Crippen molar-refractivity contribution in [3.63, 3.8) is 0 Å². The van der Waals surface area contributed by atoms with E-state index in [1.54, 1.807) is 30.7 Å². The molecule has 18 heteroatoms. The highest BCUT2D eigenvalue weighted by atomic mass is 16.4. The summed E-state index contributed by atoms with van der Waals surface area (Å²) in [6, 6.07) is 131. The van der Waals surface area contributed by atoms with E-state index in [-0.39, 0.29) is 0 Å². The van der Waals surface area contributed by atoms with Gasteiger partial charge in [-0.15, -0.1) is 0 Å². The normalized spacial score (nSPS) is 11.1. The molecule has 9 heterocycles. The van der Waals surface area contributed by atoms with Gasteiger partial charge in [-0.1, -0.05) is 341 Å². The van der Waals surface area contributed by atoms with Crippen LogP contribution in [0.4, 0.5) is 0 Å². The molecular weight excluding hydrogens is 1660 g/mol. The molecule has 0 spiro atoms. The number of nitrogens with zero attached hydrogens (tertiary/aromatic N) is 15. The number of aromatic nitrogens is 15. The Morgan fingerprint density at radius 1 is 0.222 bits per heavy atom. The lowest BCUT2D eigenvalue weighted by Crippen LogP contribution is -2.02. The Morgan fingerprint density at radius 2 is 0.541 bits per heavy atom. The van der Waals surface area contributed by atoms with Crippen LogP contribution in [-0.2, 0) is 0 Å². The van der Waals surface area contributed by atoms with E-state index in [1.807, 2.05) is 364 Å². The summed E-state index contributed by atoms with van der Waals surface area (Å²) in [7, 11) is 0. The molecule has 0 aliphatic heterocycles. The zero-order valence-electron chi connectivity index (χ0n) is 72.6. The van der Waals surface area contributed by atoms with E-state index in [2.05, 4.69) is 87.7 Å². The molecule has 135 heavy (non-hydrogen) atoms. The molecule has 14 aromatic carbocycles. The smallest absolute Gasteiger partial charge is 0.227 e. The summed E-state index contributed by atoms with van der Waals surface area (Å²) < 4.78 is 18.4. The summed E-state index contributed by atoms with van der Waals surface area (Å²) >= 11 is 0. The molecule has 0 unspecified atom stereocenters. The summed E-state index contributed by atoms with van der Waals surface area (Å²) in [6.07, 6.45) is 17.6. The van der Waals surface area contributed by atoms with E-state index in [0.29, 0.717) is 75.4 Å². The summed E-state index contributed by atoms with van der Waals surface area (Å²) in [5, 5.41) is 0. The van der Waals surface area contributed by atoms with Crippen molar-refractivity contribution in [3.8, 4) is 181 Å². The number of rotatable bonds is 19. The molecule has 0 N–H and O–H groups in total. The average Bonchev–Trinajstić information content (AvgIpc) is 1.67. The van der Waals surface area contributed by atoms with E-state index < -0.39 is 0 Å². The zero-order valence-corrected chi connectivity index (χ0v) is 72.6. The van der Waals surface area contributed by atoms with E-state index in [4.69, 9.17) is 68.1 Å². The van der Waals surface area contributed by atoms with Crippen LogP contribution in [0.2, 0.25) is 0 Å². The molecule has 0 saturated carbocycles. The molecular formula is C117H79N15O3. The molecule has 0 amide bonds. The molecule has 18 nitrogen and oxygen atoms in total. The number of pyridine rings is 3. The lowest BCUT2D eigenvalue weighted by molar-refractivity contribution is 0.602. The molecule has 23 aromatic rings. The van der Waals surface area contributed by atoms with Crippen LogP contribution in [0.3, 0.4) is 0 Å². The molecule has 0 aliphatic rings.